The molecular formula is C68H60Cl3N7O4S. The number of hydrogen-bond donors (Lipinski definition) is 5. The Kier molecular flexibility index (Phi) is 18.3. The monoisotopic (exact) mass is 1180 g/mol. The summed E-state index contributed by atoms with van der Waals surface area (Å²) in [5, 5.41) is 12.3. The Bertz CT molecular complexity index is 4380. The van der Waals surface area contributed by atoms with E-state index in [9.17, 15) is 18.3 Å². The predicted molar refractivity (Wildman–Crippen MR) is 340 cm³/mol. The van der Waals surface area contributed by atoms with Crippen molar-refractivity contribution in [1.82, 2.24) is 29.9 Å². The summed E-state index contributed by atoms with van der Waals surface area (Å²) in [6, 6.07) is 64.8. The molecule has 12 rings (SSSR count). The molecule has 0 aliphatic heterocycles. The van der Waals surface area contributed by atoms with Crippen molar-refractivity contribution >= 4 is 89.4 Å². The second kappa shape index (κ2) is 26.3. The van der Waals surface area contributed by atoms with Gasteiger partial charge in [0.15, 0.2) is 5.78 Å². The normalized spacial score (nSPS) is 11.7. The van der Waals surface area contributed by atoms with Crippen LogP contribution in [0.3, 0.4) is 0 Å². The number of halogens is 3. The standard InChI is InChI=1S/C23H21ClN2O.C23H19ClN2O.C22H20ClN3O2S/c2*1-15(27)19-7-2-3-8-20(19)17-10-11-21-22(14-17)26-23(25-21)12-9-16-5-4-6-18(24)13-16;1-29(27,28)26-19-8-3-2-7-18(19)16-10-11-20-21(14-16)25-22(24-20)12-9-15-5-4-6-17(23)13-15/h2-8,10-11,13-15,27H,9,12H2,1H3,(H,25,26);2-8,10-11,13-14H,9,12H2,1H3,(H,25,26);2-8,10-11,13-14,26H,9,12H2,1H3,(H,24,25). The van der Waals surface area contributed by atoms with Gasteiger partial charge in [-0.3, -0.25) is 9.52 Å². The summed E-state index contributed by atoms with van der Waals surface area (Å²) in [6.45, 7) is 3.39. The van der Waals surface area contributed by atoms with Crippen LogP contribution < -0.4 is 4.72 Å². The molecule has 0 aliphatic carbocycles. The average Bonchev–Trinajstić information content (AvgIpc) is 4.45. The number of H-pyrrole nitrogens is 3. The average molecular weight is 1180 g/mol. The maximum Gasteiger partial charge on any atom is 0.229 e. The lowest BCUT2D eigenvalue weighted by Gasteiger charge is -2.11. The van der Waals surface area contributed by atoms with Gasteiger partial charge in [0, 0.05) is 45.5 Å². The fourth-order valence-corrected chi connectivity index (χ4v) is 11.3. The summed E-state index contributed by atoms with van der Waals surface area (Å²) in [6.07, 6.45) is 5.66. The van der Waals surface area contributed by atoms with Crippen molar-refractivity contribution in [2.45, 2.75) is 58.5 Å². The number of carbonyl (C=O) groups excluding carboxylic acids is 1. The van der Waals surface area contributed by atoms with Crippen LogP contribution in [0.15, 0.2) is 200 Å². The minimum absolute atomic E-state index is 0.0671. The molecule has 3 heterocycles. The number of aromatic nitrogens is 6. The summed E-state index contributed by atoms with van der Waals surface area (Å²) in [5.74, 6) is 2.88. The van der Waals surface area contributed by atoms with E-state index in [2.05, 4.69) is 66.0 Å². The van der Waals surface area contributed by atoms with E-state index in [0.717, 1.165) is 155 Å². The summed E-state index contributed by atoms with van der Waals surface area (Å²) in [4.78, 5) is 36.2. The molecule has 0 spiro atoms. The van der Waals surface area contributed by atoms with E-state index in [1.54, 1.807) is 26.0 Å². The number of carbonyl (C=O) groups is 1. The van der Waals surface area contributed by atoms with E-state index in [0.29, 0.717) is 5.69 Å². The van der Waals surface area contributed by atoms with Crippen molar-refractivity contribution < 1.29 is 18.3 Å². The number of nitrogens with one attached hydrogen (secondary N) is 4. The number of imidazole rings is 3. The van der Waals surface area contributed by atoms with E-state index in [1.165, 1.54) is 16.7 Å². The van der Waals surface area contributed by atoms with Crippen LogP contribution in [0.5, 0.6) is 0 Å². The second-order valence-electron chi connectivity index (χ2n) is 20.4. The van der Waals surface area contributed by atoms with Crippen molar-refractivity contribution in [3.05, 3.63) is 261 Å². The van der Waals surface area contributed by atoms with E-state index in [1.807, 2.05) is 152 Å². The Morgan fingerprint density at radius 1 is 0.482 bits per heavy atom. The number of nitrogens with zero attached hydrogens (tertiary/aromatic N) is 3. The molecule has 11 nitrogen and oxygen atoms in total. The quantitative estimate of drug-likeness (QED) is 0.0600. The van der Waals surface area contributed by atoms with Crippen LogP contribution in [0.1, 0.15) is 70.0 Å². The molecular weight excluding hydrogens is 1120 g/mol. The number of sulfonamides is 1. The van der Waals surface area contributed by atoms with Gasteiger partial charge < -0.3 is 20.1 Å². The molecule has 3 aromatic heterocycles. The van der Waals surface area contributed by atoms with Crippen molar-refractivity contribution in [3.63, 3.8) is 0 Å². The molecule has 1 unspecified atom stereocenters. The lowest BCUT2D eigenvalue weighted by atomic mass is 9.96. The summed E-state index contributed by atoms with van der Waals surface area (Å²) in [5.41, 5.74) is 17.2. The largest absolute Gasteiger partial charge is 0.389 e. The molecule has 0 aliphatic rings. The Balaban J connectivity index is 0.000000139. The Morgan fingerprint density at radius 3 is 1.29 bits per heavy atom. The maximum atomic E-state index is 11.9. The van der Waals surface area contributed by atoms with Crippen LogP contribution in [0.2, 0.25) is 15.1 Å². The number of aryl methyl sites for hydroxylation is 6. The molecule has 0 amide bonds. The predicted octanol–water partition coefficient (Wildman–Crippen LogP) is 16.6. The van der Waals surface area contributed by atoms with Crippen LogP contribution in [0.25, 0.3) is 66.5 Å². The fraction of sp³-hybridized carbons (Fsp3) is 0.147. The number of anilines is 1. The maximum absolute atomic E-state index is 11.9. The molecule has 0 saturated heterocycles. The first-order chi connectivity index (χ1) is 40.1. The minimum Gasteiger partial charge on any atom is -0.389 e. The highest BCUT2D eigenvalue weighted by atomic mass is 35.5. The highest BCUT2D eigenvalue weighted by Gasteiger charge is 2.15. The van der Waals surface area contributed by atoms with E-state index in [4.69, 9.17) is 39.8 Å². The van der Waals surface area contributed by atoms with E-state index in [-0.39, 0.29) is 5.78 Å². The molecule has 0 saturated carbocycles. The van der Waals surface area contributed by atoms with Crippen molar-refractivity contribution in [3.8, 4) is 33.4 Å². The Labute approximate surface area is 497 Å². The summed E-state index contributed by atoms with van der Waals surface area (Å²) in [7, 11) is -3.36. The number of para-hydroxylation sites is 1. The van der Waals surface area contributed by atoms with Crippen LogP contribution in [0, 0.1) is 0 Å². The van der Waals surface area contributed by atoms with Gasteiger partial charge in [-0.2, -0.15) is 0 Å². The number of benzene rings is 9. The van der Waals surface area contributed by atoms with Crippen LogP contribution >= 0.6 is 34.8 Å². The van der Waals surface area contributed by atoms with Gasteiger partial charge >= 0.3 is 0 Å². The van der Waals surface area contributed by atoms with Gasteiger partial charge in [0.05, 0.1) is 51.1 Å². The van der Waals surface area contributed by atoms with Crippen molar-refractivity contribution in [1.29, 1.82) is 0 Å². The highest BCUT2D eigenvalue weighted by Crippen LogP contribution is 2.33. The van der Waals surface area contributed by atoms with Crippen molar-refractivity contribution in [2.75, 3.05) is 11.0 Å². The molecule has 15 heteroatoms. The number of aliphatic hydroxyl groups excluding tert-OH is 1. The van der Waals surface area contributed by atoms with Crippen LogP contribution in [-0.4, -0.2) is 55.5 Å². The lowest BCUT2D eigenvalue weighted by molar-refractivity contribution is 0.101. The third-order valence-corrected chi connectivity index (χ3v) is 15.4. The zero-order valence-corrected chi connectivity index (χ0v) is 49.0. The zero-order chi connectivity index (χ0) is 58.0. The molecule has 9 aromatic carbocycles. The molecule has 5 N–H and O–H groups in total. The minimum atomic E-state index is -3.36. The van der Waals surface area contributed by atoms with Gasteiger partial charge in [-0.1, -0.05) is 156 Å². The zero-order valence-electron chi connectivity index (χ0n) is 45.9. The smallest absolute Gasteiger partial charge is 0.229 e. The third kappa shape index (κ3) is 15.2. The molecule has 0 fully saturated rings. The third-order valence-electron chi connectivity index (χ3n) is 14.1. The van der Waals surface area contributed by atoms with Gasteiger partial charge in [-0.15, -0.1) is 0 Å². The number of aliphatic hydroxyl groups is 1. The number of fused-ring (bicyclic) bond motifs is 3. The summed E-state index contributed by atoms with van der Waals surface area (Å²) < 4.78 is 25.9. The molecule has 83 heavy (non-hydrogen) atoms. The second-order valence-corrected chi connectivity index (χ2v) is 23.5. The number of Topliss-reactive ketones (excluding diaryl/α,β-unsaturated/α-hetero) is 1. The molecule has 0 radical (unpaired) electrons. The number of hydrogen-bond acceptors (Lipinski definition) is 7. The number of aromatic amines is 3. The molecule has 0 bridgehead atoms. The molecule has 12 aromatic rings. The summed E-state index contributed by atoms with van der Waals surface area (Å²) >= 11 is 18.2. The Hall–Kier alpha value is -8.36. The Morgan fingerprint density at radius 2 is 0.867 bits per heavy atom. The van der Waals surface area contributed by atoms with Crippen LogP contribution in [0.4, 0.5) is 5.69 Å². The first kappa shape index (κ1) is 57.9. The van der Waals surface area contributed by atoms with E-state index < -0.39 is 16.1 Å². The first-order valence-electron chi connectivity index (χ1n) is 27.2. The topological polar surface area (TPSA) is 170 Å². The van der Waals surface area contributed by atoms with Gasteiger partial charge in [-0.25, -0.2) is 23.4 Å². The van der Waals surface area contributed by atoms with Gasteiger partial charge in [0.2, 0.25) is 10.0 Å². The number of ketones is 1. The van der Waals surface area contributed by atoms with Gasteiger partial charge in [0.1, 0.15) is 17.5 Å². The molecule has 1 atom stereocenters. The van der Waals surface area contributed by atoms with Gasteiger partial charge in [-0.05, 0) is 162 Å². The lowest BCUT2D eigenvalue weighted by Crippen LogP contribution is -2.10. The van der Waals surface area contributed by atoms with Crippen molar-refractivity contribution in [2.24, 2.45) is 0 Å². The SMILES string of the molecule is CC(=O)c1ccccc1-c1ccc2nc(CCc3cccc(Cl)c3)[nH]c2c1.CC(O)c1ccccc1-c1ccc2nc(CCc3cccc(Cl)c3)[nH]c2c1.CS(=O)(=O)Nc1ccccc1-c1ccc2nc(CCc3cccc(Cl)c3)[nH]c2c1. The highest BCUT2D eigenvalue weighted by molar-refractivity contribution is 7.92. The van der Waals surface area contributed by atoms with Gasteiger partial charge in [0.25, 0.3) is 0 Å². The molecule has 418 valence electrons. The fourth-order valence-electron chi connectivity index (χ4n) is 10.1. The number of rotatable bonds is 16. The van der Waals surface area contributed by atoms with Crippen LogP contribution in [-0.2, 0) is 48.5 Å². The van der Waals surface area contributed by atoms with E-state index >= 15 is 0 Å². The first-order valence-corrected chi connectivity index (χ1v) is 30.2.